The number of nitrogens with zero attached hydrogens (tertiary/aromatic N) is 1. The number of unbranched alkanes of at least 4 members (excludes halogenated alkanes) is 1. The van der Waals surface area contributed by atoms with Gasteiger partial charge in [-0.3, -0.25) is 4.84 Å². The Bertz CT molecular complexity index is 331. The summed E-state index contributed by atoms with van der Waals surface area (Å²) in [7, 11) is 0. The van der Waals surface area contributed by atoms with Crippen LogP contribution in [-0.2, 0) is 4.84 Å². The molecule has 0 aliphatic carbocycles. The molecule has 19 heavy (non-hydrogen) atoms. The van der Waals surface area contributed by atoms with Gasteiger partial charge in [-0.1, -0.05) is 18.5 Å². The molecule has 5 nitrogen and oxygen atoms in total. The van der Waals surface area contributed by atoms with Crippen molar-refractivity contribution < 1.29 is 9.63 Å². The number of hydrogen-bond donors (Lipinski definition) is 2. The molecule has 0 unspecified atom stereocenters. The molecule has 0 spiro atoms. The maximum Gasteiger partial charge on any atom is 0.433 e. The standard InChI is InChI=1S/C14H27N3O2/c1-6-7-8-15-12(18)19-16-11-9-13(2,3)17-14(4,5)10-11/h17H,6-10H2,1-5H3,(H,15,18). The molecule has 1 heterocycles. The molecule has 1 aliphatic heterocycles. The first-order valence-corrected chi connectivity index (χ1v) is 7.04. The van der Waals surface area contributed by atoms with E-state index >= 15 is 0 Å². The lowest BCUT2D eigenvalue weighted by Crippen LogP contribution is -2.58. The highest BCUT2D eigenvalue weighted by Crippen LogP contribution is 2.26. The van der Waals surface area contributed by atoms with Gasteiger partial charge in [-0.05, 0) is 34.1 Å². The third-order valence-corrected chi connectivity index (χ3v) is 3.03. The first-order valence-electron chi connectivity index (χ1n) is 7.04. The van der Waals surface area contributed by atoms with Crippen molar-refractivity contribution in [2.24, 2.45) is 5.16 Å². The van der Waals surface area contributed by atoms with Crippen molar-refractivity contribution in [1.82, 2.24) is 10.6 Å². The maximum absolute atomic E-state index is 11.4. The second-order valence-electron chi connectivity index (χ2n) is 6.56. The van der Waals surface area contributed by atoms with Crippen LogP contribution in [0.3, 0.4) is 0 Å². The number of carbonyl (C=O) groups excluding carboxylic acids is 1. The van der Waals surface area contributed by atoms with Crippen molar-refractivity contribution in [3.05, 3.63) is 0 Å². The number of rotatable bonds is 4. The van der Waals surface area contributed by atoms with Crippen LogP contribution in [0, 0.1) is 0 Å². The van der Waals surface area contributed by atoms with Crippen LogP contribution >= 0.6 is 0 Å². The van der Waals surface area contributed by atoms with E-state index in [1.807, 2.05) is 0 Å². The van der Waals surface area contributed by atoms with Crippen LogP contribution in [0.1, 0.15) is 60.3 Å². The molecule has 0 saturated carbocycles. The van der Waals surface area contributed by atoms with E-state index in [4.69, 9.17) is 4.84 Å². The number of piperidine rings is 1. The zero-order chi connectivity index (χ0) is 14.5. The normalized spacial score (nSPS) is 20.8. The van der Waals surface area contributed by atoms with Gasteiger partial charge < -0.3 is 10.6 Å². The molecule has 0 aromatic rings. The van der Waals surface area contributed by atoms with E-state index in [2.05, 4.69) is 50.4 Å². The Hall–Kier alpha value is -1.10. The van der Waals surface area contributed by atoms with Gasteiger partial charge in [-0.15, -0.1) is 0 Å². The van der Waals surface area contributed by atoms with Crippen LogP contribution in [-0.4, -0.2) is 29.4 Å². The first kappa shape index (κ1) is 16.0. The van der Waals surface area contributed by atoms with E-state index in [9.17, 15) is 4.79 Å². The van der Waals surface area contributed by atoms with Gasteiger partial charge in [0.2, 0.25) is 0 Å². The molecular weight excluding hydrogens is 242 g/mol. The zero-order valence-electron chi connectivity index (χ0n) is 12.8. The Morgan fingerprint density at radius 3 is 2.42 bits per heavy atom. The van der Waals surface area contributed by atoms with Gasteiger partial charge in [-0.25, -0.2) is 4.79 Å². The molecule has 0 aromatic carbocycles. The van der Waals surface area contributed by atoms with E-state index < -0.39 is 6.09 Å². The highest BCUT2D eigenvalue weighted by Gasteiger charge is 2.35. The lowest BCUT2D eigenvalue weighted by molar-refractivity contribution is 0.147. The SMILES string of the molecule is CCCCNC(=O)ON=C1CC(C)(C)NC(C)(C)C1. The summed E-state index contributed by atoms with van der Waals surface area (Å²) in [5.74, 6) is 0. The molecule has 1 saturated heterocycles. The third kappa shape index (κ3) is 6.05. The molecule has 1 fully saturated rings. The van der Waals surface area contributed by atoms with E-state index in [-0.39, 0.29) is 11.1 Å². The first-order chi connectivity index (χ1) is 8.74. The summed E-state index contributed by atoms with van der Waals surface area (Å²) in [5, 5.41) is 10.3. The molecule has 1 rings (SSSR count). The fourth-order valence-corrected chi connectivity index (χ4v) is 2.66. The number of oxime groups is 1. The topological polar surface area (TPSA) is 62.7 Å². The van der Waals surface area contributed by atoms with E-state index in [0.29, 0.717) is 6.54 Å². The summed E-state index contributed by atoms with van der Waals surface area (Å²) in [6.45, 7) is 11.2. The molecular formula is C14H27N3O2. The Morgan fingerprint density at radius 2 is 1.89 bits per heavy atom. The van der Waals surface area contributed by atoms with Crippen LogP contribution < -0.4 is 10.6 Å². The van der Waals surface area contributed by atoms with Crippen molar-refractivity contribution >= 4 is 11.8 Å². The molecule has 0 bridgehead atoms. The lowest BCUT2D eigenvalue weighted by Gasteiger charge is -2.42. The summed E-state index contributed by atoms with van der Waals surface area (Å²) in [6, 6.07) is 0. The largest absolute Gasteiger partial charge is 0.433 e. The number of hydrogen-bond acceptors (Lipinski definition) is 4. The third-order valence-electron chi connectivity index (χ3n) is 3.03. The van der Waals surface area contributed by atoms with Gasteiger partial charge in [0.25, 0.3) is 0 Å². The van der Waals surface area contributed by atoms with Crippen LogP contribution in [0.25, 0.3) is 0 Å². The highest BCUT2D eigenvalue weighted by atomic mass is 16.7. The smallest absolute Gasteiger partial charge is 0.320 e. The fourth-order valence-electron chi connectivity index (χ4n) is 2.66. The van der Waals surface area contributed by atoms with E-state index in [0.717, 1.165) is 31.4 Å². The fraction of sp³-hybridized carbons (Fsp3) is 0.857. The zero-order valence-corrected chi connectivity index (χ0v) is 12.8. The average molecular weight is 269 g/mol. The lowest BCUT2D eigenvalue weighted by atomic mass is 9.81. The predicted molar refractivity (Wildman–Crippen MR) is 77.4 cm³/mol. The minimum atomic E-state index is -0.463. The Kier molecular flexibility index (Phi) is 5.35. The van der Waals surface area contributed by atoms with Crippen LogP contribution in [0.5, 0.6) is 0 Å². The number of nitrogens with one attached hydrogen (secondary N) is 2. The van der Waals surface area contributed by atoms with Crippen molar-refractivity contribution in [2.45, 2.75) is 71.4 Å². The quantitative estimate of drug-likeness (QED) is 0.468. The van der Waals surface area contributed by atoms with Crippen LogP contribution in [0.2, 0.25) is 0 Å². The summed E-state index contributed by atoms with van der Waals surface area (Å²) in [4.78, 5) is 16.4. The average Bonchev–Trinajstić information content (AvgIpc) is 2.22. The van der Waals surface area contributed by atoms with Crippen molar-refractivity contribution in [2.75, 3.05) is 6.54 Å². The highest BCUT2D eigenvalue weighted by molar-refractivity contribution is 5.87. The monoisotopic (exact) mass is 269 g/mol. The van der Waals surface area contributed by atoms with Crippen molar-refractivity contribution in [3.63, 3.8) is 0 Å². The minimum absolute atomic E-state index is 0.0252. The molecule has 0 radical (unpaired) electrons. The van der Waals surface area contributed by atoms with Gasteiger partial charge in [0.05, 0.1) is 5.71 Å². The van der Waals surface area contributed by atoms with Gasteiger partial charge in [0.1, 0.15) is 0 Å². The predicted octanol–water partition coefficient (Wildman–Crippen LogP) is 2.81. The Labute approximate surface area is 116 Å². The van der Waals surface area contributed by atoms with E-state index in [1.165, 1.54) is 0 Å². The second-order valence-corrected chi connectivity index (χ2v) is 6.56. The number of carbonyl (C=O) groups is 1. The number of amides is 1. The maximum atomic E-state index is 11.4. The van der Waals surface area contributed by atoms with Gasteiger partial charge in [0.15, 0.2) is 0 Å². The summed E-state index contributed by atoms with van der Waals surface area (Å²) in [6.07, 6.45) is 3.12. The van der Waals surface area contributed by atoms with Crippen molar-refractivity contribution in [3.8, 4) is 0 Å². The molecule has 110 valence electrons. The van der Waals surface area contributed by atoms with Crippen LogP contribution in [0.15, 0.2) is 5.16 Å². The molecule has 0 aromatic heterocycles. The second kappa shape index (κ2) is 6.37. The van der Waals surface area contributed by atoms with E-state index in [1.54, 1.807) is 0 Å². The molecule has 0 atom stereocenters. The molecule has 1 amide bonds. The van der Waals surface area contributed by atoms with Gasteiger partial charge in [0, 0.05) is 30.5 Å². The molecule has 1 aliphatic rings. The Balaban J connectivity index is 2.50. The minimum Gasteiger partial charge on any atom is -0.320 e. The summed E-state index contributed by atoms with van der Waals surface area (Å²) >= 11 is 0. The summed E-state index contributed by atoms with van der Waals surface area (Å²) in [5.41, 5.74) is 0.880. The van der Waals surface area contributed by atoms with Crippen molar-refractivity contribution in [1.29, 1.82) is 0 Å². The van der Waals surface area contributed by atoms with Gasteiger partial charge in [-0.2, -0.15) is 0 Å². The van der Waals surface area contributed by atoms with Crippen LogP contribution in [0.4, 0.5) is 4.79 Å². The Morgan fingerprint density at radius 1 is 1.32 bits per heavy atom. The molecule has 2 N–H and O–H groups in total. The van der Waals surface area contributed by atoms with Gasteiger partial charge >= 0.3 is 6.09 Å². The molecule has 5 heteroatoms. The summed E-state index contributed by atoms with van der Waals surface area (Å²) < 4.78 is 0.